The molecule has 3 aromatic rings. The highest BCUT2D eigenvalue weighted by Crippen LogP contribution is 2.32. The molecule has 29 heavy (non-hydrogen) atoms. The quantitative estimate of drug-likeness (QED) is 0.637. The maximum atomic E-state index is 13.3. The van der Waals surface area contributed by atoms with Gasteiger partial charge in [-0.15, -0.1) is 0 Å². The zero-order valence-electron chi connectivity index (χ0n) is 16.1. The summed E-state index contributed by atoms with van der Waals surface area (Å²) in [5.74, 6) is 0.516. The molecule has 0 spiro atoms. The van der Waals surface area contributed by atoms with Crippen molar-refractivity contribution >= 4 is 27.9 Å². The maximum absolute atomic E-state index is 13.3. The van der Waals surface area contributed by atoms with Gasteiger partial charge in [0.2, 0.25) is 26.6 Å². The molecule has 0 unspecified atom stereocenters. The molecular formula is C22H22N2O4S. The minimum absolute atomic E-state index is 0.0593. The molecule has 0 amide bonds. The van der Waals surface area contributed by atoms with Gasteiger partial charge in [-0.25, -0.2) is 8.42 Å². The van der Waals surface area contributed by atoms with E-state index in [1.54, 1.807) is 30.3 Å². The number of ether oxygens (including phenoxy) is 1. The first-order valence-electron chi connectivity index (χ1n) is 9.42. The van der Waals surface area contributed by atoms with E-state index in [9.17, 15) is 8.42 Å². The molecule has 1 aromatic heterocycles. The van der Waals surface area contributed by atoms with E-state index in [1.807, 2.05) is 48.2 Å². The van der Waals surface area contributed by atoms with E-state index in [1.165, 1.54) is 0 Å². The number of aryl methyl sites for hydroxylation is 1. The molecule has 6 nitrogen and oxygen atoms in total. The number of nitrogens with zero attached hydrogens (tertiary/aromatic N) is 2. The second kappa shape index (κ2) is 8.23. The highest BCUT2D eigenvalue weighted by molar-refractivity contribution is 7.91. The third-order valence-corrected chi connectivity index (χ3v) is 6.37. The lowest BCUT2D eigenvalue weighted by atomic mass is 10.2. The molecule has 0 saturated carbocycles. The van der Waals surface area contributed by atoms with E-state index in [0.29, 0.717) is 26.3 Å². The normalized spacial score (nSPS) is 15.1. The van der Waals surface area contributed by atoms with Gasteiger partial charge in [0.1, 0.15) is 0 Å². The lowest BCUT2D eigenvalue weighted by molar-refractivity contribution is 0.120. The van der Waals surface area contributed by atoms with Crippen LogP contribution in [0.25, 0.3) is 12.2 Å². The molecule has 1 saturated heterocycles. The van der Waals surface area contributed by atoms with Crippen molar-refractivity contribution in [1.82, 2.24) is 4.98 Å². The Hall–Kier alpha value is -2.90. The molecule has 150 valence electrons. The molecule has 0 radical (unpaired) electrons. The van der Waals surface area contributed by atoms with Crippen LogP contribution in [0.2, 0.25) is 0 Å². The zero-order chi connectivity index (χ0) is 20.3. The molecule has 0 aliphatic carbocycles. The summed E-state index contributed by atoms with van der Waals surface area (Å²) in [6.45, 7) is 4.04. The Labute approximate surface area is 170 Å². The van der Waals surface area contributed by atoms with E-state index < -0.39 is 9.84 Å². The fraction of sp³-hybridized carbons (Fsp3) is 0.227. The molecule has 4 rings (SSSR count). The van der Waals surface area contributed by atoms with Crippen molar-refractivity contribution in [3.8, 4) is 0 Å². The van der Waals surface area contributed by atoms with E-state index in [0.717, 1.165) is 11.1 Å². The summed E-state index contributed by atoms with van der Waals surface area (Å²) in [5, 5.41) is -0.0593. The van der Waals surface area contributed by atoms with Crippen molar-refractivity contribution in [3.63, 3.8) is 0 Å². The average Bonchev–Trinajstić information content (AvgIpc) is 3.19. The molecule has 2 aromatic carbocycles. The average molecular weight is 410 g/mol. The first kappa shape index (κ1) is 19.4. The third kappa shape index (κ3) is 4.26. The number of anilines is 1. The van der Waals surface area contributed by atoms with Gasteiger partial charge in [-0.1, -0.05) is 48.0 Å². The molecule has 1 aliphatic heterocycles. The van der Waals surface area contributed by atoms with Crippen LogP contribution in [-0.4, -0.2) is 39.7 Å². The number of aromatic nitrogens is 1. The molecule has 0 atom stereocenters. The Balaban J connectivity index is 1.75. The van der Waals surface area contributed by atoms with Gasteiger partial charge in [0.05, 0.1) is 18.1 Å². The number of oxazole rings is 1. The highest BCUT2D eigenvalue weighted by atomic mass is 32.2. The van der Waals surface area contributed by atoms with Gasteiger partial charge < -0.3 is 14.1 Å². The van der Waals surface area contributed by atoms with Gasteiger partial charge in [0.25, 0.3) is 0 Å². The summed E-state index contributed by atoms with van der Waals surface area (Å²) >= 11 is 0. The van der Waals surface area contributed by atoms with E-state index in [2.05, 4.69) is 4.98 Å². The van der Waals surface area contributed by atoms with E-state index >= 15 is 0 Å². The molecule has 0 N–H and O–H groups in total. The Morgan fingerprint density at radius 1 is 0.966 bits per heavy atom. The van der Waals surface area contributed by atoms with Crippen LogP contribution in [0.5, 0.6) is 0 Å². The van der Waals surface area contributed by atoms with Crippen LogP contribution < -0.4 is 4.90 Å². The van der Waals surface area contributed by atoms with Crippen molar-refractivity contribution < 1.29 is 17.6 Å². The lowest BCUT2D eigenvalue weighted by Crippen LogP contribution is -2.36. The van der Waals surface area contributed by atoms with E-state index in [4.69, 9.17) is 9.15 Å². The Kier molecular flexibility index (Phi) is 5.51. The van der Waals surface area contributed by atoms with Crippen molar-refractivity contribution in [2.24, 2.45) is 0 Å². The Morgan fingerprint density at radius 3 is 2.34 bits per heavy atom. The SMILES string of the molecule is Cc1ccc(S(=O)(=O)c2nc(C=Cc3ccccc3)oc2N2CCOCC2)cc1. The number of morpholine rings is 1. The van der Waals surface area contributed by atoms with Gasteiger partial charge in [0.15, 0.2) is 0 Å². The molecule has 1 fully saturated rings. The van der Waals surface area contributed by atoms with Crippen LogP contribution >= 0.6 is 0 Å². The topological polar surface area (TPSA) is 72.6 Å². The molecule has 7 heteroatoms. The zero-order valence-corrected chi connectivity index (χ0v) is 16.9. The smallest absolute Gasteiger partial charge is 0.236 e. The second-order valence-electron chi connectivity index (χ2n) is 6.82. The minimum Gasteiger partial charge on any atom is -0.420 e. The summed E-state index contributed by atoms with van der Waals surface area (Å²) in [6, 6.07) is 16.5. The van der Waals surface area contributed by atoms with Crippen LogP contribution in [0.4, 0.5) is 5.88 Å². The van der Waals surface area contributed by atoms with Gasteiger partial charge in [-0.05, 0) is 30.7 Å². The number of hydrogen-bond acceptors (Lipinski definition) is 6. The number of benzene rings is 2. The van der Waals surface area contributed by atoms with Gasteiger partial charge in [-0.3, -0.25) is 0 Å². The van der Waals surface area contributed by atoms with Crippen molar-refractivity contribution in [2.45, 2.75) is 16.8 Å². The Morgan fingerprint density at radius 2 is 1.66 bits per heavy atom. The van der Waals surface area contributed by atoms with Crippen molar-refractivity contribution in [1.29, 1.82) is 0 Å². The van der Waals surface area contributed by atoms with Gasteiger partial charge >= 0.3 is 0 Å². The summed E-state index contributed by atoms with van der Waals surface area (Å²) in [5.41, 5.74) is 1.96. The first-order valence-corrected chi connectivity index (χ1v) is 10.9. The van der Waals surface area contributed by atoms with Crippen molar-refractivity contribution in [2.75, 3.05) is 31.2 Å². The fourth-order valence-corrected chi connectivity index (χ4v) is 4.42. The molecule has 2 heterocycles. The summed E-state index contributed by atoms with van der Waals surface area (Å²) < 4.78 is 37.9. The standard InChI is InChI=1S/C22H22N2O4S/c1-17-7-10-19(11-8-17)29(25,26)21-22(24-13-15-27-16-14-24)28-20(23-21)12-9-18-5-3-2-4-6-18/h2-12H,13-16H2,1H3. The van der Waals surface area contributed by atoms with Gasteiger partial charge in [-0.2, -0.15) is 4.98 Å². The first-order chi connectivity index (χ1) is 14.0. The van der Waals surface area contributed by atoms with Gasteiger partial charge in [0, 0.05) is 19.2 Å². The van der Waals surface area contributed by atoms with Crippen LogP contribution in [0, 0.1) is 6.92 Å². The number of sulfone groups is 1. The van der Waals surface area contributed by atoms with Crippen molar-refractivity contribution in [3.05, 3.63) is 71.6 Å². The number of rotatable bonds is 5. The predicted octanol–water partition coefficient (Wildman–Crippen LogP) is 3.82. The van der Waals surface area contributed by atoms with E-state index in [-0.39, 0.29) is 21.7 Å². The predicted molar refractivity (Wildman–Crippen MR) is 112 cm³/mol. The molecule has 1 aliphatic rings. The third-order valence-electron chi connectivity index (χ3n) is 4.70. The largest absolute Gasteiger partial charge is 0.420 e. The summed E-state index contributed by atoms with van der Waals surface area (Å²) in [7, 11) is -3.82. The summed E-state index contributed by atoms with van der Waals surface area (Å²) in [4.78, 5) is 6.42. The second-order valence-corrected chi connectivity index (χ2v) is 8.69. The molecular weight excluding hydrogens is 388 g/mol. The lowest BCUT2D eigenvalue weighted by Gasteiger charge is -2.26. The summed E-state index contributed by atoms with van der Waals surface area (Å²) in [6.07, 6.45) is 3.53. The molecule has 0 bridgehead atoms. The Bertz CT molecular complexity index is 1100. The van der Waals surface area contributed by atoms with Crippen LogP contribution in [0.1, 0.15) is 17.0 Å². The van der Waals surface area contributed by atoms with Crippen LogP contribution in [0.3, 0.4) is 0 Å². The van der Waals surface area contributed by atoms with Crippen LogP contribution in [0.15, 0.2) is 68.9 Å². The van der Waals surface area contributed by atoms with Crippen LogP contribution in [-0.2, 0) is 14.6 Å². The minimum atomic E-state index is -3.82. The maximum Gasteiger partial charge on any atom is 0.236 e. The monoisotopic (exact) mass is 410 g/mol. The highest BCUT2D eigenvalue weighted by Gasteiger charge is 2.31. The number of hydrogen-bond donors (Lipinski definition) is 0. The fourth-order valence-electron chi connectivity index (χ4n) is 3.09.